The van der Waals surface area contributed by atoms with Crippen molar-refractivity contribution in [2.75, 3.05) is 37.7 Å². The molecule has 0 saturated carbocycles. The SMILES string of the molecule is CN1CCC(CNc2cncc(C(=O)CCc3ccc4c(N)nccc4c3)n2)CC1. The second-order valence-electron chi connectivity index (χ2n) is 8.09. The first kappa shape index (κ1) is 20.2. The number of nitrogens with one attached hydrogen (secondary N) is 1. The molecule has 1 aliphatic rings. The molecule has 0 atom stereocenters. The third-order valence-corrected chi connectivity index (χ3v) is 5.83. The standard InChI is InChI=1S/C23H28N6O/c1-29-10-7-17(8-11-29)13-27-22-15-25-14-20(28-22)21(30)5-3-16-2-4-19-18(12-16)6-9-26-23(19)24/h2,4,6,9,12,14-15,17H,3,5,7-8,10-11,13H2,1H3,(H2,24,26)(H,27,28). The van der Waals surface area contributed by atoms with Crippen molar-refractivity contribution < 1.29 is 4.79 Å². The molecule has 1 saturated heterocycles. The van der Waals surface area contributed by atoms with E-state index in [-0.39, 0.29) is 5.78 Å². The number of aryl methyl sites for hydroxylation is 1. The van der Waals surface area contributed by atoms with Crippen molar-refractivity contribution in [2.24, 2.45) is 5.92 Å². The number of anilines is 2. The molecule has 1 fully saturated rings. The summed E-state index contributed by atoms with van der Waals surface area (Å²) in [4.78, 5) is 27.8. The molecule has 0 aliphatic carbocycles. The number of Topliss-reactive ketones (excluding diaryl/α,β-unsaturated/α-hetero) is 1. The van der Waals surface area contributed by atoms with Crippen LogP contribution in [0.2, 0.25) is 0 Å². The van der Waals surface area contributed by atoms with Gasteiger partial charge in [-0.3, -0.25) is 9.78 Å². The van der Waals surface area contributed by atoms with E-state index in [1.807, 2.05) is 18.2 Å². The van der Waals surface area contributed by atoms with E-state index in [1.54, 1.807) is 18.6 Å². The molecule has 1 aliphatic heterocycles. The molecule has 0 spiro atoms. The van der Waals surface area contributed by atoms with Crippen LogP contribution in [0.3, 0.4) is 0 Å². The van der Waals surface area contributed by atoms with E-state index >= 15 is 0 Å². The average molecular weight is 405 g/mol. The third-order valence-electron chi connectivity index (χ3n) is 5.83. The number of carbonyl (C=O) groups excluding carboxylic acids is 1. The minimum Gasteiger partial charge on any atom is -0.383 e. The van der Waals surface area contributed by atoms with Crippen molar-refractivity contribution in [3.05, 3.63) is 54.1 Å². The molecule has 1 aromatic carbocycles. The smallest absolute Gasteiger partial charge is 0.183 e. The highest BCUT2D eigenvalue weighted by atomic mass is 16.1. The summed E-state index contributed by atoms with van der Waals surface area (Å²) in [7, 11) is 2.16. The molecule has 156 valence electrons. The van der Waals surface area contributed by atoms with Crippen LogP contribution >= 0.6 is 0 Å². The number of ketones is 1. The van der Waals surface area contributed by atoms with Crippen LogP contribution in [0.25, 0.3) is 10.8 Å². The second-order valence-corrected chi connectivity index (χ2v) is 8.09. The summed E-state index contributed by atoms with van der Waals surface area (Å²) in [5.41, 5.74) is 7.41. The van der Waals surface area contributed by atoms with Gasteiger partial charge in [0.1, 0.15) is 17.3 Å². The zero-order valence-corrected chi connectivity index (χ0v) is 17.3. The Hall–Kier alpha value is -3.06. The van der Waals surface area contributed by atoms with Crippen molar-refractivity contribution in [1.29, 1.82) is 0 Å². The van der Waals surface area contributed by atoms with Crippen LogP contribution in [-0.4, -0.2) is 52.3 Å². The highest BCUT2D eigenvalue weighted by molar-refractivity contribution is 5.94. The van der Waals surface area contributed by atoms with Crippen LogP contribution in [0, 0.1) is 5.92 Å². The first-order valence-corrected chi connectivity index (χ1v) is 10.5. The topological polar surface area (TPSA) is 97.0 Å². The Morgan fingerprint density at radius 3 is 2.90 bits per heavy atom. The molecule has 0 amide bonds. The molecule has 30 heavy (non-hydrogen) atoms. The highest BCUT2D eigenvalue weighted by Gasteiger charge is 2.17. The van der Waals surface area contributed by atoms with Gasteiger partial charge in [-0.1, -0.05) is 18.2 Å². The van der Waals surface area contributed by atoms with Crippen molar-refractivity contribution >= 4 is 28.2 Å². The van der Waals surface area contributed by atoms with Gasteiger partial charge in [0.25, 0.3) is 0 Å². The van der Waals surface area contributed by atoms with Crippen molar-refractivity contribution in [3.63, 3.8) is 0 Å². The lowest BCUT2D eigenvalue weighted by atomic mass is 9.97. The largest absolute Gasteiger partial charge is 0.383 e. The lowest BCUT2D eigenvalue weighted by Gasteiger charge is -2.29. The lowest BCUT2D eigenvalue weighted by molar-refractivity contribution is 0.0977. The fraction of sp³-hybridized carbons (Fsp3) is 0.391. The third kappa shape index (κ3) is 4.91. The van der Waals surface area contributed by atoms with E-state index in [1.165, 1.54) is 12.8 Å². The van der Waals surface area contributed by atoms with Crippen LogP contribution < -0.4 is 11.1 Å². The van der Waals surface area contributed by atoms with Gasteiger partial charge >= 0.3 is 0 Å². The average Bonchev–Trinajstić information content (AvgIpc) is 2.77. The Morgan fingerprint density at radius 1 is 1.23 bits per heavy atom. The van der Waals surface area contributed by atoms with E-state index in [9.17, 15) is 4.79 Å². The summed E-state index contributed by atoms with van der Waals surface area (Å²) >= 11 is 0. The number of hydrogen-bond acceptors (Lipinski definition) is 7. The molecule has 4 rings (SSSR count). The molecular formula is C23H28N6O. The molecule has 0 unspecified atom stereocenters. The second kappa shape index (κ2) is 9.17. The number of aromatic nitrogens is 3. The van der Waals surface area contributed by atoms with Gasteiger partial charge < -0.3 is 16.0 Å². The number of nitrogens with two attached hydrogens (primary N) is 1. The van der Waals surface area contributed by atoms with Crippen molar-refractivity contribution in [1.82, 2.24) is 19.9 Å². The molecule has 3 aromatic rings. The van der Waals surface area contributed by atoms with Crippen LogP contribution in [0.1, 0.15) is 35.3 Å². The Bertz CT molecular complexity index is 1030. The summed E-state index contributed by atoms with van der Waals surface area (Å²) in [5, 5.41) is 5.33. The number of fused-ring (bicyclic) bond motifs is 1. The maximum absolute atomic E-state index is 12.7. The van der Waals surface area contributed by atoms with E-state index in [2.05, 4.69) is 38.3 Å². The normalized spacial score (nSPS) is 15.4. The first-order chi connectivity index (χ1) is 14.6. The Balaban J connectivity index is 1.34. The fourth-order valence-corrected chi connectivity index (χ4v) is 3.89. The minimum atomic E-state index is -0.000203. The molecule has 3 heterocycles. The molecule has 3 N–H and O–H groups in total. The predicted octanol–water partition coefficient (Wildman–Crippen LogP) is 3.18. The van der Waals surface area contributed by atoms with E-state index in [0.717, 1.165) is 36.0 Å². The maximum Gasteiger partial charge on any atom is 0.183 e. The number of nitrogens with zero attached hydrogens (tertiary/aromatic N) is 4. The van der Waals surface area contributed by atoms with Crippen molar-refractivity contribution in [3.8, 4) is 0 Å². The van der Waals surface area contributed by atoms with Crippen LogP contribution in [0.15, 0.2) is 42.9 Å². The number of likely N-dealkylation sites (tertiary alicyclic amines) is 1. The molecule has 0 bridgehead atoms. The number of rotatable bonds is 7. The Kier molecular flexibility index (Phi) is 6.18. The summed E-state index contributed by atoms with van der Waals surface area (Å²) in [6.45, 7) is 3.14. The summed E-state index contributed by atoms with van der Waals surface area (Å²) < 4.78 is 0. The minimum absolute atomic E-state index is 0.000203. The Morgan fingerprint density at radius 2 is 2.07 bits per heavy atom. The predicted molar refractivity (Wildman–Crippen MR) is 120 cm³/mol. The zero-order chi connectivity index (χ0) is 20.9. The molecule has 2 aromatic heterocycles. The number of benzene rings is 1. The van der Waals surface area contributed by atoms with Gasteiger partial charge in [0, 0.05) is 24.5 Å². The molecule has 0 radical (unpaired) electrons. The quantitative estimate of drug-likeness (QED) is 0.584. The lowest BCUT2D eigenvalue weighted by Crippen LogP contribution is -2.33. The Labute approximate surface area is 176 Å². The van der Waals surface area contributed by atoms with Gasteiger partial charge in [-0.25, -0.2) is 9.97 Å². The molecule has 7 nitrogen and oxygen atoms in total. The number of hydrogen-bond donors (Lipinski definition) is 2. The first-order valence-electron chi connectivity index (χ1n) is 10.5. The summed E-state index contributed by atoms with van der Waals surface area (Å²) in [5.74, 6) is 1.84. The summed E-state index contributed by atoms with van der Waals surface area (Å²) in [6, 6.07) is 7.96. The van der Waals surface area contributed by atoms with Gasteiger partial charge in [-0.05, 0) is 62.3 Å². The number of pyridine rings is 1. The number of piperidine rings is 1. The zero-order valence-electron chi connectivity index (χ0n) is 17.3. The van der Waals surface area contributed by atoms with Gasteiger partial charge in [-0.2, -0.15) is 0 Å². The molecule has 7 heteroatoms. The van der Waals surface area contributed by atoms with Gasteiger partial charge in [0.2, 0.25) is 0 Å². The van der Waals surface area contributed by atoms with Crippen LogP contribution in [-0.2, 0) is 6.42 Å². The maximum atomic E-state index is 12.7. The van der Waals surface area contributed by atoms with Crippen molar-refractivity contribution in [2.45, 2.75) is 25.7 Å². The van der Waals surface area contributed by atoms with E-state index in [4.69, 9.17) is 5.73 Å². The fourth-order valence-electron chi connectivity index (χ4n) is 3.89. The number of carbonyl (C=O) groups is 1. The van der Waals surface area contributed by atoms with E-state index < -0.39 is 0 Å². The summed E-state index contributed by atoms with van der Waals surface area (Å²) in [6.07, 6.45) is 8.34. The van der Waals surface area contributed by atoms with Gasteiger partial charge in [-0.15, -0.1) is 0 Å². The van der Waals surface area contributed by atoms with Gasteiger partial charge in [0.05, 0.1) is 12.4 Å². The van der Waals surface area contributed by atoms with Crippen LogP contribution in [0.5, 0.6) is 0 Å². The number of nitrogen functional groups attached to an aromatic ring is 1. The van der Waals surface area contributed by atoms with Crippen LogP contribution in [0.4, 0.5) is 11.6 Å². The van der Waals surface area contributed by atoms with Gasteiger partial charge in [0.15, 0.2) is 5.78 Å². The molecular weight excluding hydrogens is 376 g/mol. The monoisotopic (exact) mass is 404 g/mol. The van der Waals surface area contributed by atoms with E-state index in [0.29, 0.717) is 36.1 Å². The highest BCUT2D eigenvalue weighted by Crippen LogP contribution is 2.21.